The maximum Gasteiger partial charge on any atom is 0.411 e. The SMILES string of the molecule is CC1(C)OC(=O)N(C2CCC(n3c(=O)[nH]c4cc(C#N)ccc43)CC2)[C@H]1c1ccccc1. The molecule has 0 bridgehead atoms. The first-order chi connectivity index (χ1) is 15.4. The molecule has 1 N–H and O–H groups in total. The monoisotopic (exact) mass is 430 g/mol. The maximum atomic E-state index is 12.9. The number of benzene rings is 2. The predicted octanol–water partition coefficient (Wildman–Crippen LogP) is 4.66. The summed E-state index contributed by atoms with van der Waals surface area (Å²) >= 11 is 0. The molecule has 2 heterocycles. The number of hydrogen-bond donors (Lipinski definition) is 1. The van der Waals surface area contributed by atoms with Gasteiger partial charge in [0.1, 0.15) is 5.60 Å². The van der Waals surface area contributed by atoms with E-state index in [1.807, 2.05) is 59.7 Å². The molecule has 2 aliphatic rings. The second-order valence-corrected chi connectivity index (χ2v) is 9.30. The van der Waals surface area contributed by atoms with Crippen molar-refractivity contribution in [2.75, 3.05) is 0 Å². The third-order valence-corrected chi connectivity index (χ3v) is 6.88. The van der Waals surface area contributed by atoms with Crippen LogP contribution < -0.4 is 5.69 Å². The van der Waals surface area contributed by atoms with Gasteiger partial charge in [0.25, 0.3) is 0 Å². The highest BCUT2D eigenvalue weighted by Gasteiger charge is 2.51. The average Bonchev–Trinajstić information content (AvgIpc) is 3.24. The summed E-state index contributed by atoms with van der Waals surface area (Å²) in [6.07, 6.45) is 2.93. The lowest BCUT2D eigenvalue weighted by atomic mass is 9.86. The Morgan fingerprint density at radius 2 is 1.72 bits per heavy atom. The number of nitrogens with zero attached hydrogens (tertiary/aromatic N) is 3. The first-order valence-corrected chi connectivity index (χ1v) is 11.1. The largest absolute Gasteiger partial charge is 0.441 e. The van der Waals surface area contributed by atoms with E-state index < -0.39 is 5.60 Å². The van der Waals surface area contributed by atoms with E-state index in [1.54, 1.807) is 12.1 Å². The summed E-state index contributed by atoms with van der Waals surface area (Å²) in [4.78, 5) is 30.4. The number of carbonyl (C=O) groups excluding carboxylic acids is 1. The number of hydrogen-bond acceptors (Lipinski definition) is 4. The number of aromatic nitrogens is 2. The van der Waals surface area contributed by atoms with Gasteiger partial charge in [-0.1, -0.05) is 30.3 Å². The fraction of sp³-hybridized carbons (Fsp3) is 0.400. The van der Waals surface area contributed by atoms with Crippen LogP contribution in [0.3, 0.4) is 0 Å². The summed E-state index contributed by atoms with van der Waals surface area (Å²) in [5.41, 5.74) is 2.35. The molecule has 1 amide bonds. The fourth-order valence-electron chi connectivity index (χ4n) is 5.49. The second kappa shape index (κ2) is 7.56. The molecule has 32 heavy (non-hydrogen) atoms. The van der Waals surface area contributed by atoms with E-state index in [0.29, 0.717) is 11.1 Å². The summed E-state index contributed by atoms with van der Waals surface area (Å²) < 4.78 is 7.59. The Hall–Kier alpha value is -3.53. The molecule has 1 aromatic heterocycles. The molecule has 1 aliphatic carbocycles. The lowest BCUT2D eigenvalue weighted by Gasteiger charge is -2.38. The van der Waals surface area contributed by atoms with Crippen LogP contribution in [0.1, 0.15) is 62.7 Å². The number of nitriles is 1. The van der Waals surface area contributed by atoms with Crippen LogP contribution in [-0.2, 0) is 4.74 Å². The number of H-pyrrole nitrogens is 1. The number of nitrogens with one attached hydrogen (secondary N) is 1. The molecule has 0 unspecified atom stereocenters. The van der Waals surface area contributed by atoms with Gasteiger partial charge in [0.2, 0.25) is 0 Å². The quantitative estimate of drug-likeness (QED) is 0.654. The lowest BCUT2D eigenvalue weighted by molar-refractivity contribution is 0.0662. The molecule has 5 rings (SSSR count). The van der Waals surface area contributed by atoms with Crippen molar-refractivity contribution in [1.82, 2.24) is 14.5 Å². The van der Waals surface area contributed by atoms with E-state index in [9.17, 15) is 9.59 Å². The lowest BCUT2D eigenvalue weighted by Crippen LogP contribution is -2.43. The predicted molar refractivity (Wildman–Crippen MR) is 120 cm³/mol. The molecule has 1 aliphatic heterocycles. The van der Waals surface area contributed by atoms with Crippen molar-refractivity contribution in [1.29, 1.82) is 5.26 Å². The van der Waals surface area contributed by atoms with Crippen LogP contribution >= 0.6 is 0 Å². The normalized spacial score (nSPS) is 25.0. The first-order valence-electron chi connectivity index (χ1n) is 11.1. The number of amides is 1. The molecule has 164 valence electrons. The Morgan fingerprint density at radius 1 is 1.03 bits per heavy atom. The Labute approximate surface area is 186 Å². The summed E-state index contributed by atoms with van der Waals surface area (Å²) in [5.74, 6) is 0. The van der Waals surface area contributed by atoms with Crippen molar-refractivity contribution < 1.29 is 9.53 Å². The van der Waals surface area contributed by atoms with Gasteiger partial charge < -0.3 is 9.72 Å². The number of cyclic esters (lactones) is 1. The number of aromatic amines is 1. The highest BCUT2D eigenvalue weighted by Crippen LogP contribution is 2.45. The minimum atomic E-state index is -0.610. The Bertz CT molecular complexity index is 1260. The highest BCUT2D eigenvalue weighted by molar-refractivity contribution is 5.77. The van der Waals surface area contributed by atoms with Gasteiger partial charge >= 0.3 is 11.8 Å². The third-order valence-electron chi connectivity index (χ3n) is 6.88. The zero-order valence-corrected chi connectivity index (χ0v) is 18.2. The van der Waals surface area contributed by atoms with Crippen LogP contribution in [0.2, 0.25) is 0 Å². The second-order valence-electron chi connectivity index (χ2n) is 9.30. The summed E-state index contributed by atoms with van der Waals surface area (Å²) in [7, 11) is 0. The molecule has 0 radical (unpaired) electrons. The molecule has 1 saturated heterocycles. The van der Waals surface area contributed by atoms with Crippen molar-refractivity contribution in [3.05, 3.63) is 70.1 Å². The van der Waals surface area contributed by atoms with Crippen LogP contribution in [0.15, 0.2) is 53.3 Å². The van der Waals surface area contributed by atoms with E-state index >= 15 is 0 Å². The van der Waals surface area contributed by atoms with Crippen LogP contribution in [-0.4, -0.2) is 32.2 Å². The topological polar surface area (TPSA) is 91.1 Å². The van der Waals surface area contributed by atoms with Crippen LogP contribution in [0, 0.1) is 11.3 Å². The molecule has 7 heteroatoms. The van der Waals surface area contributed by atoms with Crippen LogP contribution in [0.5, 0.6) is 0 Å². The summed E-state index contributed by atoms with van der Waals surface area (Å²) in [5, 5.41) is 9.13. The first kappa shape index (κ1) is 20.4. The minimum absolute atomic E-state index is 0.0576. The minimum Gasteiger partial charge on any atom is -0.441 e. The standard InChI is InChI=1S/C25H26N4O3/c1-25(2)22(17-6-4-3-5-7-17)29(24(31)32-25)19-11-9-18(10-12-19)28-21-13-8-16(15-26)14-20(21)27-23(28)30/h3-8,13-14,18-19,22H,9-12H2,1-2H3,(H,27,30)/t18?,19?,22-/m0/s1. The number of imidazole rings is 1. The summed E-state index contributed by atoms with van der Waals surface area (Å²) in [6, 6.07) is 17.4. The molecular weight excluding hydrogens is 404 g/mol. The summed E-state index contributed by atoms with van der Waals surface area (Å²) in [6.45, 7) is 3.93. The maximum absolute atomic E-state index is 12.9. The Kier molecular flexibility index (Phi) is 4.81. The van der Waals surface area contributed by atoms with Gasteiger partial charge in [-0.2, -0.15) is 5.26 Å². The average molecular weight is 431 g/mol. The van der Waals surface area contributed by atoms with E-state index in [2.05, 4.69) is 11.1 Å². The van der Waals surface area contributed by atoms with Crippen LogP contribution in [0.25, 0.3) is 11.0 Å². The van der Waals surface area contributed by atoms with Gasteiger partial charge in [-0.3, -0.25) is 9.47 Å². The van der Waals surface area contributed by atoms with Crippen molar-refractivity contribution >= 4 is 17.1 Å². The highest BCUT2D eigenvalue weighted by atomic mass is 16.6. The van der Waals surface area contributed by atoms with Gasteiger partial charge in [0.15, 0.2) is 0 Å². The zero-order chi connectivity index (χ0) is 22.5. The van der Waals surface area contributed by atoms with E-state index in [4.69, 9.17) is 10.00 Å². The number of fused-ring (bicyclic) bond motifs is 1. The zero-order valence-electron chi connectivity index (χ0n) is 18.2. The molecule has 1 saturated carbocycles. The van der Waals surface area contributed by atoms with Gasteiger partial charge in [-0.05, 0) is 63.3 Å². The molecule has 1 atom stereocenters. The Morgan fingerprint density at radius 3 is 2.41 bits per heavy atom. The van der Waals surface area contributed by atoms with Crippen molar-refractivity contribution in [3.8, 4) is 6.07 Å². The third kappa shape index (κ3) is 3.27. The van der Waals surface area contributed by atoms with Crippen molar-refractivity contribution in [2.24, 2.45) is 0 Å². The molecule has 0 spiro atoms. The van der Waals surface area contributed by atoms with Crippen molar-refractivity contribution in [3.63, 3.8) is 0 Å². The van der Waals surface area contributed by atoms with Crippen molar-refractivity contribution in [2.45, 2.75) is 63.3 Å². The van der Waals surface area contributed by atoms with E-state index in [1.165, 1.54) is 0 Å². The number of ether oxygens (including phenoxy) is 1. The van der Waals surface area contributed by atoms with Crippen LogP contribution in [0.4, 0.5) is 4.79 Å². The van der Waals surface area contributed by atoms with Gasteiger partial charge in [0.05, 0.1) is 28.7 Å². The molecule has 2 fully saturated rings. The number of carbonyl (C=O) groups is 1. The smallest absolute Gasteiger partial charge is 0.411 e. The van der Waals surface area contributed by atoms with Gasteiger partial charge in [-0.25, -0.2) is 9.59 Å². The van der Waals surface area contributed by atoms with Gasteiger partial charge in [0, 0.05) is 12.1 Å². The molecular formula is C25H26N4O3. The molecule has 2 aromatic carbocycles. The fourth-order valence-corrected chi connectivity index (χ4v) is 5.49. The van der Waals surface area contributed by atoms with Gasteiger partial charge in [-0.15, -0.1) is 0 Å². The molecule has 7 nitrogen and oxygen atoms in total. The van der Waals surface area contributed by atoms with E-state index in [-0.39, 0.29) is 29.9 Å². The Balaban J connectivity index is 1.39. The number of rotatable bonds is 3. The molecule has 3 aromatic rings. The van der Waals surface area contributed by atoms with E-state index in [0.717, 1.165) is 36.8 Å².